The van der Waals surface area contributed by atoms with Gasteiger partial charge in [0.1, 0.15) is 6.10 Å². The minimum absolute atomic E-state index is 0.0970. The van der Waals surface area contributed by atoms with Crippen LogP contribution in [0.3, 0.4) is 0 Å². The fourth-order valence-electron chi connectivity index (χ4n) is 5.25. The zero-order valence-electron chi connectivity index (χ0n) is 31.0. The third-order valence-electron chi connectivity index (χ3n) is 8.07. The normalized spacial score (nSPS) is 14.0. The van der Waals surface area contributed by atoms with E-state index in [1.165, 1.54) is 89.9 Å². The van der Waals surface area contributed by atoms with Crippen LogP contribution in [-0.2, 0) is 27.9 Å². The van der Waals surface area contributed by atoms with Crippen molar-refractivity contribution < 1.29 is 32.8 Å². The zero-order chi connectivity index (χ0) is 35.2. The largest absolute Gasteiger partial charge is 0.472 e. The number of nitrogens with two attached hydrogens (primary N) is 1. The van der Waals surface area contributed by atoms with Crippen LogP contribution in [-0.4, -0.2) is 49.9 Å². The molecule has 0 heterocycles. The summed E-state index contributed by atoms with van der Waals surface area (Å²) >= 11 is 0. The number of phosphoric acid groups is 1. The first-order chi connectivity index (χ1) is 23.4. The maximum atomic E-state index is 12.5. The van der Waals surface area contributed by atoms with Crippen molar-refractivity contribution in [2.75, 3.05) is 33.0 Å². The summed E-state index contributed by atoms with van der Waals surface area (Å²) in [5, 5.41) is 0. The highest BCUT2D eigenvalue weighted by molar-refractivity contribution is 7.47. The van der Waals surface area contributed by atoms with E-state index in [2.05, 4.69) is 50.3 Å². The van der Waals surface area contributed by atoms with Gasteiger partial charge in [-0.3, -0.25) is 13.8 Å². The lowest BCUT2D eigenvalue weighted by molar-refractivity contribution is -0.154. The molecule has 282 valence electrons. The monoisotopic (exact) mass is 700 g/mol. The average Bonchev–Trinajstić information content (AvgIpc) is 3.07. The van der Waals surface area contributed by atoms with Crippen LogP contribution in [0.2, 0.25) is 0 Å². The lowest BCUT2D eigenvalue weighted by Crippen LogP contribution is -2.28. The van der Waals surface area contributed by atoms with Crippen LogP contribution in [0.1, 0.15) is 168 Å². The van der Waals surface area contributed by atoms with E-state index in [0.29, 0.717) is 13.0 Å². The van der Waals surface area contributed by atoms with Gasteiger partial charge in [-0.05, 0) is 44.9 Å². The third-order valence-corrected chi connectivity index (χ3v) is 9.06. The Bertz CT molecular complexity index is 833. The van der Waals surface area contributed by atoms with Gasteiger partial charge >= 0.3 is 13.8 Å². The van der Waals surface area contributed by atoms with Crippen LogP contribution in [0, 0.1) is 0 Å². The van der Waals surface area contributed by atoms with Crippen molar-refractivity contribution in [1.82, 2.24) is 0 Å². The average molecular weight is 700 g/mol. The summed E-state index contributed by atoms with van der Waals surface area (Å²) < 4.78 is 33.3. The highest BCUT2D eigenvalue weighted by Gasteiger charge is 2.25. The molecule has 0 fully saturated rings. The number of esters is 1. The van der Waals surface area contributed by atoms with Crippen molar-refractivity contribution in [1.29, 1.82) is 0 Å². The molecule has 2 atom stereocenters. The predicted molar refractivity (Wildman–Crippen MR) is 201 cm³/mol. The number of carbonyl (C=O) groups excluding carboxylic acids is 1. The van der Waals surface area contributed by atoms with Gasteiger partial charge in [0, 0.05) is 19.6 Å². The Labute approximate surface area is 295 Å². The van der Waals surface area contributed by atoms with E-state index < -0.39 is 13.9 Å². The Morgan fingerprint density at radius 3 is 1.75 bits per heavy atom. The number of ether oxygens (including phenoxy) is 2. The number of hydrogen-bond donors (Lipinski definition) is 2. The van der Waals surface area contributed by atoms with Crippen molar-refractivity contribution in [3.63, 3.8) is 0 Å². The van der Waals surface area contributed by atoms with Gasteiger partial charge in [-0.15, -0.1) is 0 Å². The molecule has 3 N–H and O–H groups in total. The van der Waals surface area contributed by atoms with Gasteiger partial charge in [-0.1, -0.05) is 153 Å². The Morgan fingerprint density at radius 2 is 1.17 bits per heavy atom. The molecule has 0 aliphatic rings. The summed E-state index contributed by atoms with van der Waals surface area (Å²) in [4.78, 5) is 22.4. The molecule has 0 aliphatic carbocycles. The molecular formula is C39H74NO7P. The van der Waals surface area contributed by atoms with E-state index in [-0.39, 0.29) is 32.3 Å². The smallest absolute Gasteiger partial charge is 0.457 e. The first kappa shape index (κ1) is 46.7. The van der Waals surface area contributed by atoms with Gasteiger partial charge in [0.15, 0.2) is 0 Å². The molecule has 0 saturated carbocycles. The van der Waals surface area contributed by atoms with E-state index in [1.807, 2.05) is 0 Å². The Morgan fingerprint density at radius 1 is 0.646 bits per heavy atom. The number of phosphoric ester groups is 1. The molecule has 0 bridgehead atoms. The molecule has 0 radical (unpaired) electrons. The molecule has 0 rings (SSSR count). The lowest BCUT2D eigenvalue weighted by atomic mass is 10.1. The first-order valence-electron chi connectivity index (χ1n) is 19.5. The van der Waals surface area contributed by atoms with Crippen LogP contribution in [0.15, 0.2) is 36.5 Å². The van der Waals surface area contributed by atoms with E-state index in [4.69, 9.17) is 24.3 Å². The topological polar surface area (TPSA) is 117 Å². The van der Waals surface area contributed by atoms with Gasteiger partial charge < -0.3 is 20.1 Å². The predicted octanol–water partition coefficient (Wildman–Crippen LogP) is 11.1. The molecule has 0 spiro atoms. The number of rotatable bonds is 37. The standard InChI is InChI=1S/C39H74NO7P/c1-3-5-7-9-11-13-15-17-18-19-20-21-22-24-26-28-30-32-39(41)47-38(37-46-48(42,43)45-35-33-40)36-44-34-31-29-27-25-23-16-14-12-10-8-6-4-2/h5,7,11,13,17-18,38H,3-4,6,8-10,12,14-16,19-37,40H2,1-2H3,(H,42,43)/b7-5-,13-11-,18-17-. The van der Waals surface area contributed by atoms with Crippen LogP contribution in [0.4, 0.5) is 0 Å². The Hall–Kier alpha value is -1.28. The molecule has 2 unspecified atom stereocenters. The maximum absolute atomic E-state index is 12.5. The fraction of sp³-hybridized carbons (Fsp3) is 0.821. The first-order valence-corrected chi connectivity index (χ1v) is 21.0. The zero-order valence-corrected chi connectivity index (χ0v) is 31.9. The Kier molecular flexibility index (Phi) is 36.0. The summed E-state index contributed by atoms with van der Waals surface area (Å²) in [5.41, 5.74) is 5.35. The summed E-state index contributed by atoms with van der Waals surface area (Å²) in [7, 11) is -4.27. The van der Waals surface area contributed by atoms with E-state index in [9.17, 15) is 14.3 Å². The molecule has 48 heavy (non-hydrogen) atoms. The van der Waals surface area contributed by atoms with E-state index in [0.717, 1.165) is 57.8 Å². The van der Waals surface area contributed by atoms with Crippen molar-refractivity contribution in [3.8, 4) is 0 Å². The SMILES string of the molecule is CC/C=C\C/C=C\C/C=C\CCCCCCCCCC(=O)OC(COCCCCCCCCCCCCCC)COP(=O)(O)OCCN. The van der Waals surface area contributed by atoms with Crippen LogP contribution in [0.5, 0.6) is 0 Å². The van der Waals surface area contributed by atoms with Crippen molar-refractivity contribution in [3.05, 3.63) is 36.5 Å². The van der Waals surface area contributed by atoms with Crippen molar-refractivity contribution >= 4 is 13.8 Å². The summed E-state index contributed by atoms with van der Waals surface area (Å²) in [6, 6.07) is 0. The van der Waals surface area contributed by atoms with E-state index >= 15 is 0 Å². The Balaban J connectivity index is 4.08. The number of hydrogen-bond acceptors (Lipinski definition) is 7. The molecule has 0 aliphatic heterocycles. The summed E-state index contributed by atoms with van der Waals surface area (Å²) in [6.45, 7) is 4.80. The molecule has 0 aromatic carbocycles. The van der Waals surface area contributed by atoms with Crippen LogP contribution in [0.25, 0.3) is 0 Å². The number of carbonyl (C=O) groups is 1. The second-order valence-corrected chi connectivity index (χ2v) is 14.2. The minimum atomic E-state index is -4.27. The molecule has 9 heteroatoms. The molecular weight excluding hydrogens is 625 g/mol. The third kappa shape index (κ3) is 36.0. The highest BCUT2D eigenvalue weighted by atomic mass is 31.2. The second kappa shape index (κ2) is 37.0. The number of allylic oxidation sites excluding steroid dienone is 6. The number of unbranched alkanes of at least 4 members (excludes halogenated alkanes) is 18. The van der Waals surface area contributed by atoms with Gasteiger partial charge in [-0.25, -0.2) is 4.57 Å². The minimum Gasteiger partial charge on any atom is -0.457 e. The van der Waals surface area contributed by atoms with Crippen LogP contribution < -0.4 is 5.73 Å². The molecule has 0 aromatic heterocycles. The van der Waals surface area contributed by atoms with Gasteiger partial charge in [0.05, 0.1) is 19.8 Å². The molecule has 0 amide bonds. The van der Waals surface area contributed by atoms with Crippen molar-refractivity contribution in [2.45, 2.75) is 174 Å². The molecule has 8 nitrogen and oxygen atoms in total. The fourth-order valence-corrected chi connectivity index (χ4v) is 6.01. The lowest BCUT2D eigenvalue weighted by Gasteiger charge is -2.20. The molecule has 0 saturated heterocycles. The highest BCUT2D eigenvalue weighted by Crippen LogP contribution is 2.43. The molecule has 0 aromatic rings. The van der Waals surface area contributed by atoms with Crippen molar-refractivity contribution in [2.24, 2.45) is 5.73 Å². The quantitative estimate of drug-likeness (QED) is 0.0285. The van der Waals surface area contributed by atoms with E-state index in [1.54, 1.807) is 0 Å². The van der Waals surface area contributed by atoms with Crippen LogP contribution >= 0.6 is 7.82 Å². The summed E-state index contributed by atoms with van der Waals surface area (Å²) in [6.07, 6.45) is 40.1. The second-order valence-electron chi connectivity index (χ2n) is 12.8. The van der Waals surface area contributed by atoms with Gasteiger partial charge in [0.25, 0.3) is 0 Å². The van der Waals surface area contributed by atoms with Gasteiger partial charge in [0.2, 0.25) is 0 Å². The van der Waals surface area contributed by atoms with Gasteiger partial charge in [-0.2, -0.15) is 0 Å². The summed E-state index contributed by atoms with van der Waals surface area (Å²) in [5.74, 6) is -0.340. The maximum Gasteiger partial charge on any atom is 0.472 e.